The molecule has 0 heterocycles. The number of rotatable bonds is 12. The first-order chi connectivity index (χ1) is 20.7. The van der Waals surface area contributed by atoms with Crippen LogP contribution in [0.4, 0.5) is 17.6 Å². The SMILES string of the molecule is COc1ccc(C(NC(=O)C(Cc2cccc(F)c2)NC(=O)c2cccc(Cl)c2)C(=O)N[C@H](C(=O)C(F)(F)F)C(C)C)cc1. The molecule has 0 radical (unpaired) electrons. The van der Waals surface area contributed by atoms with Gasteiger partial charge in [0.25, 0.3) is 11.7 Å². The molecule has 13 heteroatoms. The summed E-state index contributed by atoms with van der Waals surface area (Å²) in [5, 5.41) is 7.41. The Labute approximate surface area is 256 Å². The first-order valence-corrected chi connectivity index (χ1v) is 13.7. The first kappa shape index (κ1) is 34.0. The Kier molecular flexibility index (Phi) is 11.5. The minimum atomic E-state index is -5.22. The largest absolute Gasteiger partial charge is 0.497 e. The second kappa shape index (κ2) is 14.8. The van der Waals surface area contributed by atoms with E-state index in [1.165, 1.54) is 81.6 Å². The van der Waals surface area contributed by atoms with Gasteiger partial charge in [-0.25, -0.2) is 4.39 Å². The fourth-order valence-corrected chi connectivity index (χ4v) is 4.46. The molecule has 3 N–H and O–H groups in total. The van der Waals surface area contributed by atoms with Gasteiger partial charge < -0.3 is 20.7 Å². The van der Waals surface area contributed by atoms with Gasteiger partial charge in [0.05, 0.1) is 13.2 Å². The van der Waals surface area contributed by atoms with Crippen LogP contribution in [-0.2, 0) is 20.8 Å². The number of hydrogen-bond donors (Lipinski definition) is 3. The Morgan fingerprint density at radius 2 is 1.52 bits per heavy atom. The van der Waals surface area contributed by atoms with Gasteiger partial charge in [-0.2, -0.15) is 13.2 Å². The second-order valence-electron chi connectivity index (χ2n) is 10.2. The number of methoxy groups -OCH3 is 1. The third-order valence-electron chi connectivity index (χ3n) is 6.56. The average molecular weight is 636 g/mol. The van der Waals surface area contributed by atoms with E-state index in [0.717, 1.165) is 6.07 Å². The van der Waals surface area contributed by atoms with E-state index in [4.69, 9.17) is 16.3 Å². The molecule has 3 atom stereocenters. The fourth-order valence-electron chi connectivity index (χ4n) is 4.27. The van der Waals surface area contributed by atoms with Crippen molar-refractivity contribution in [1.29, 1.82) is 0 Å². The number of ether oxygens (including phenoxy) is 1. The molecule has 0 aliphatic rings. The summed E-state index contributed by atoms with van der Waals surface area (Å²) >= 11 is 5.99. The van der Waals surface area contributed by atoms with Gasteiger partial charge >= 0.3 is 6.18 Å². The number of alkyl halides is 3. The first-order valence-electron chi connectivity index (χ1n) is 13.4. The van der Waals surface area contributed by atoms with Gasteiger partial charge in [-0.15, -0.1) is 0 Å². The van der Waals surface area contributed by atoms with Crippen molar-refractivity contribution in [2.24, 2.45) is 5.92 Å². The van der Waals surface area contributed by atoms with Gasteiger partial charge in [0.1, 0.15) is 23.7 Å². The number of benzene rings is 3. The Bertz CT molecular complexity index is 1500. The lowest BCUT2D eigenvalue weighted by molar-refractivity contribution is -0.175. The third-order valence-corrected chi connectivity index (χ3v) is 6.80. The Balaban J connectivity index is 1.97. The second-order valence-corrected chi connectivity index (χ2v) is 10.6. The van der Waals surface area contributed by atoms with Crippen molar-refractivity contribution in [2.75, 3.05) is 7.11 Å². The summed E-state index contributed by atoms with van der Waals surface area (Å²) in [5.41, 5.74) is 0.589. The zero-order valence-corrected chi connectivity index (χ0v) is 24.6. The molecule has 3 amide bonds. The molecular weight excluding hydrogens is 606 g/mol. The zero-order valence-electron chi connectivity index (χ0n) is 23.9. The molecule has 3 aromatic rings. The van der Waals surface area contributed by atoms with Crippen molar-refractivity contribution >= 4 is 35.1 Å². The zero-order chi connectivity index (χ0) is 32.6. The highest BCUT2D eigenvalue weighted by Crippen LogP contribution is 2.23. The molecule has 0 saturated carbocycles. The van der Waals surface area contributed by atoms with Crippen LogP contribution >= 0.6 is 11.6 Å². The highest BCUT2D eigenvalue weighted by molar-refractivity contribution is 6.31. The smallest absolute Gasteiger partial charge is 0.452 e. The van der Waals surface area contributed by atoms with E-state index < -0.39 is 59.5 Å². The molecule has 3 aromatic carbocycles. The van der Waals surface area contributed by atoms with Crippen molar-refractivity contribution in [3.63, 3.8) is 0 Å². The molecule has 3 rings (SSSR count). The van der Waals surface area contributed by atoms with Crippen molar-refractivity contribution in [3.8, 4) is 5.75 Å². The monoisotopic (exact) mass is 635 g/mol. The maximum Gasteiger partial charge on any atom is 0.452 e. The molecule has 8 nitrogen and oxygen atoms in total. The molecule has 234 valence electrons. The number of carbonyl (C=O) groups is 4. The number of halogens is 5. The van der Waals surface area contributed by atoms with Crippen molar-refractivity contribution in [2.45, 2.75) is 44.6 Å². The van der Waals surface area contributed by atoms with Crippen LogP contribution in [0.2, 0.25) is 5.02 Å². The Morgan fingerprint density at radius 3 is 2.09 bits per heavy atom. The predicted octanol–water partition coefficient (Wildman–Crippen LogP) is 4.96. The molecule has 0 aliphatic carbocycles. The van der Waals surface area contributed by atoms with E-state index in [0.29, 0.717) is 11.3 Å². The third kappa shape index (κ3) is 9.27. The Morgan fingerprint density at radius 1 is 0.864 bits per heavy atom. The minimum Gasteiger partial charge on any atom is -0.497 e. The van der Waals surface area contributed by atoms with Crippen LogP contribution in [0.5, 0.6) is 5.75 Å². The molecule has 0 saturated heterocycles. The summed E-state index contributed by atoms with van der Waals surface area (Å²) in [5.74, 6) is -6.02. The van der Waals surface area contributed by atoms with Crippen molar-refractivity contribution < 1.29 is 41.5 Å². The van der Waals surface area contributed by atoms with E-state index >= 15 is 0 Å². The molecule has 2 unspecified atom stereocenters. The van der Waals surface area contributed by atoms with Crippen LogP contribution in [0.15, 0.2) is 72.8 Å². The minimum absolute atomic E-state index is 0.115. The van der Waals surface area contributed by atoms with Gasteiger partial charge in [0.2, 0.25) is 11.8 Å². The maximum atomic E-state index is 14.0. The summed E-state index contributed by atoms with van der Waals surface area (Å²) in [6.07, 6.45) is -5.43. The lowest BCUT2D eigenvalue weighted by Gasteiger charge is -2.27. The number of hydrogen-bond acceptors (Lipinski definition) is 5. The number of carbonyl (C=O) groups excluding carboxylic acids is 4. The Hall–Kier alpha value is -4.45. The van der Waals surface area contributed by atoms with Crippen LogP contribution in [0.25, 0.3) is 0 Å². The topological polar surface area (TPSA) is 114 Å². The van der Waals surface area contributed by atoms with Crippen molar-refractivity contribution in [1.82, 2.24) is 16.0 Å². The molecule has 0 aliphatic heterocycles. The molecule has 0 bridgehead atoms. The molecule has 0 spiro atoms. The van der Waals surface area contributed by atoms with E-state index in [2.05, 4.69) is 16.0 Å². The molecule has 0 fully saturated rings. The molecule has 44 heavy (non-hydrogen) atoms. The average Bonchev–Trinajstić information content (AvgIpc) is 2.97. The van der Waals surface area contributed by atoms with Gasteiger partial charge in [0.15, 0.2) is 0 Å². The molecule has 0 aromatic heterocycles. The van der Waals surface area contributed by atoms with Crippen molar-refractivity contribution in [3.05, 3.63) is 100 Å². The summed E-state index contributed by atoms with van der Waals surface area (Å²) in [4.78, 5) is 52.3. The normalized spacial score (nSPS) is 13.4. The highest BCUT2D eigenvalue weighted by atomic mass is 35.5. The van der Waals surface area contributed by atoms with Crippen LogP contribution in [0.3, 0.4) is 0 Å². The van der Waals surface area contributed by atoms with E-state index in [1.54, 1.807) is 6.07 Å². The highest BCUT2D eigenvalue weighted by Gasteiger charge is 2.45. The summed E-state index contributed by atoms with van der Waals surface area (Å²) in [7, 11) is 1.40. The quantitative estimate of drug-likeness (QED) is 0.244. The number of nitrogens with one attached hydrogen (secondary N) is 3. The maximum absolute atomic E-state index is 14.0. The summed E-state index contributed by atoms with van der Waals surface area (Å²) in [6.45, 7) is 2.66. The van der Waals surface area contributed by atoms with E-state index in [1.807, 2.05) is 0 Å². The number of Topliss-reactive ketones (excluding diaryl/α,β-unsaturated/α-hetero) is 1. The van der Waals surface area contributed by atoms with Gasteiger partial charge in [-0.05, 0) is 59.5 Å². The summed E-state index contributed by atoms with van der Waals surface area (Å²) < 4.78 is 59.0. The predicted molar refractivity (Wildman–Crippen MR) is 155 cm³/mol. The standard InChI is InChI=1S/C31H30ClF4N3O5/c1-17(2)25(27(40)31(34,35)36)38-30(43)26(19-10-12-23(44-3)13-11-19)39-29(42)24(15-18-6-4-9-22(33)14-18)37-28(41)20-7-5-8-21(32)16-20/h4-14,16-17,24-26H,15H2,1-3H3,(H,37,41)(H,38,43)(H,39,42)/t24?,25-,26?/m0/s1. The van der Waals surface area contributed by atoms with Gasteiger partial charge in [0, 0.05) is 17.0 Å². The summed E-state index contributed by atoms with van der Waals surface area (Å²) in [6, 6.07) is 12.0. The van der Waals surface area contributed by atoms with Crippen LogP contribution < -0.4 is 20.7 Å². The lowest BCUT2D eigenvalue weighted by atomic mass is 9.97. The number of amides is 3. The molecular formula is C31H30ClF4N3O5. The van der Waals surface area contributed by atoms with Gasteiger partial charge in [-0.3, -0.25) is 19.2 Å². The van der Waals surface area contributed by atoms with Crippen LogP contribution in [0.1, 0.15) is 41.4 Å². The van der Waals surface area contributed by atoms with Crippen LogP contribution in [-0.4, -0.2) is 48.9 Å². The van der Waals surface area contributed by atoms with Crippen LogP contribution in [0, 0.1) is 11.7 Å². The van der Waals surface area contributed by atoms with E-state index in [9.17, 15) is 36.7 Å². The van der Waals surface area contributed by atoms with Gasteiger partial charge in [-0.1, -0.05) is 55.8 Å². The fraction of sp³-hybridized carbons (Fsp3) is 0.290. The number of ketones is 1. The lowest BCUT2D eigenvalue weighted by Crippen LogP contribution is -2.55. The van der Waals surface area contributed by atoms with E-state index in [-0.39, 0.29) is 22.6 Å².